The van der Waals surface area contributed by atoms with E-state index in [0.717, 1.165) is 36.3 Å². The average molecular weight is 283 g/mol. The molecule has 6 nitrogen and oxygen atoms in total. The van der Waals surface area contributed by atoms with Gasteiger partial charge in [-0.25, -0.2) is 4.98 Å². The summed E-state index contributed by atoms with van der Waals surface area (Å²) in [4.78, 5) is 18.7. The molecular weight excluding hydrogens is 266 g/mol. The molecule has 0 bridgehead atoms. The Morgan fingerprint density at radius 1 is 1.33 bits per heavy atom. The maximum Gasteiger partial charge on any atom is 0.297 e. The van der Waals surface area contributed by atoms with Crippen LogP contribution in [0.5, 0.6) is 0 Å². The fourth-order valence-corrected chi connectivity index (χ4v) is 2.85. The largest absolute Gasteiger partial charge is 0.326 e. The highest BCUT2D eigenvalue weighted by atomic mass is 16.2. The van der Waals surface area contributed by atoms with E-state index < -0.39 is 0 Å². The molecule has 21 heavy (non-hydrogen) atoms. The van der Waals surface area contributed by atoms with Crippen LogP contribution in [0.25, 0.3) is 0 Å². The van der Waals surface area contributed by atoms with Gasteiger partial charge in [0.25, 0.3) is 5.91 Å². The molecule has 1 aromatic carbocycles. The molecule has 1 saturated carbocycles. The van der Waals surface area contributed by atoms with E-state index in [9.17, 15) is 4.79 Å². The number of anilines is 1. The molecule has 1 unspecified atom stereocenters. The zero-order chi connectivity index (χ0) is 14.4. The number of H-pyrrole nitrogens is 1. The van der Waals surface area contributed by atoms with Gasteiger partial charge < -0.3 is 10.6 Å². The lowest BCUT2D eigenvalue weighted by molar-refractivity contribution is 0.0974. The lowest BCUT2D eigenvalue weighted by Crippen LogP contribution is -2.46. The van der Waals surface area contributed by atoms with Crippen LogP contribution in [0.2, 0.25) is 0 Å². The van der Waals surface area contributed by atoms with E-state index in [1.165, 1.54) is 0 Å². The van der Waals surface area contributed by atoms with Crippen molar-refractivity contribution in [3.8, 4) is 0 Å². The maximum absolute atomic E-state index is 12.7. The number of nitrogens with one attached hydrogen (secondary N) is 1. The minimum absolute atomic E-state index is 0.0503. The molecule has 1 aliphatic carbocycles. The van der Waals surface area contributed by atoms with Gasteiger partial charge in [-0.05, 0) is 30.9 Å². The second-order valence-electron chi connectivity index (χ2n) is 5.83. The summed E-state index contributed by atoms with van der Waals surface area (Å²) in [6, 6.07) is 7.82. The number of amides is 1. The molecule has 0 saturated heterocycles. The van der Waals surface area contributed by atoms with Gasteiger partial charge in [0.1, 0.15) is 5.82 Å². The predicted octanol–water partition coefficient (Wildman–Crippen LogP) is 1.21. The highest BCUT2D eigenvalue weighted by Gasteiger charge is 2.32. The van der Waals surface area contributed by atoms with Gasteiger partial charge in [0.15, 0.2) is 0 Å². The van der Waals surface area contributed by atoms with E-state index in [0.29, 0.717) is 12.5 Å². The Kier molecular flexibility index (Phi) is 2.78. The summed E-state index contributed by atoms with van der Waals surface area (Å²) in [5, 5.41) is 6.97. The lowest BCUT2D eigenvalue weighted by Gasteiger charge is -2.32. The molecule has 1 aromatic heterocycles. The average Bonchev–Trinajstić information content (AvgIpc) is 3.23. The summed E-state index contributed by atoms with van der Waals surface area (Å²) < 4.78 is 0. The fourth-order valence-electron chi connectivity index (χ4n) is 2.85. The van der Waals surface area contributed by atoms with E-state index >= 15 is 0 Å². The van der Waals surface area contributed by atoms with Crippen LogP contribution in [0.3, 0.4) is 0 Å². The van der Waals surface area contributed by atoms with E-state index in [-0.39, 0.29) is 17.8 Å². The van der Waals surface area contributed by atoms with E-state index in [4.69, 9.17) is 5.73 Å². The molecule has 0 radical (unpaired) electrons. The van der Waals surface area contributed by atoms with Gasteiger partial charge in [0, 0.05) is 24.2 Å². The highest BCUT2D eigenvalue weighted by molar-refractivity contribution is 6.04. The number of hydrogen-bond acceptors (Lipinski definition) is 4. The Hall–Kier alpha value is -2.21. The van der Waals surface area contributed by atoms with Crippen molar-refractivity contribution in [2.24, 2.45) is 5.73 Å². The first-order chi connectivity index (χ1) is 10.2. The van der Waals surface area contributed by atoms with Crippen LogP contribution in [0.4, 0.5) is 5.69 Å². The molecule has 3 N–H and O–H groups in total. The molecule has 6 heteroatoms. The molecule has 1 atom stereocenters. The van der Waals surface area contributed by atoms with Crippen LogP contribution < -0.4 is 10.6 Å². The predicted molar refractivity (Wildman–Crippen MR) is 78.2 cm³/mol. The first-order valence-electron chi connectivity index (χ1n) is 7.30. The lowest BCUT2D eigenvalue weighted by atomic mass is 9.98. The quantitative estimate of drug-likeness (QED) is 0.867. The number of carbonyl (C=O) groups is 1. The summed E-state index contributed by atoms with van der Waals surface area (Å²) >= 11 is 0. The van der Waals surface area contributed by atoms with Crippen LogP contribution in [0.1, 0.15) is 40.8 Å². The highest BCUT2D eigenvalue weighted by Crippen LogP contribution is 2.38. The van der Waals surface area contributed by atoms with E-state index in [2.05, 4.69) is 15.2 Å². The van der Waals surface area contributed by atoms with Gasteiger partial charge >= 0.3 is 0 Å². The maximum atomic E-state index is 12.7. The summed E-state index contributed by atoms with van der Waals surface area (Å²) in [5.74, 6) is 1.34. The molecule has 2 heterocycles. The van der Waals surface area contributed by atoms with Crippen molar-refractivity contribution in [1.29, 1.82) is 0 Å². The van der Waals surface area contributed by atoms with Crippen LogP contribution >= 0.6 is 0 Å². The molecule has 4 rings (SSSR count). The van der Waals surface area contributed by atoms with Crippen molar-refractivity contribution in [3.63, 3.8) is 0 Å². The number of nitrogens with zero attached hydrogens (tertiary/aromatic N) is 3. The number of aromatic amines is 1. The van der Waals surface area contributed by atoms with Crippen LogP contribution in [-0.4, -0.2) is 33.7 Å². The zero-order valence-electron chi connectivity index (χ0n) is 11.6. The number of para-hydroxylation sites is 1. The third kappa shape index (κ3) is 2.21. The Labute approximate surface area is 122 Å². The van der Waals surface area contributed by atoms with Crippen LogP contribution in [-0.2, 0) is 6.42 Å². The number of rotatable bonds is 2. The molecule has 108 valence electrons. The summed E-state index contributed by atoms with van der Waals surface area (Å²) in [7, 11) is 0. The number of nitrogens with two attached hydrogens (primary N) is 1. The molecule has 2 aromatic rings. The van der Waals surface area contributed by atoms with Crippen LogP contribution in [0.15, 0.2) is 24.3 Å². The SMILES string of the molecule is NC1Cc2ccccc2N(C(=O)c2n[nH]c(C3CC3)n2)C1. The second kappa shape index (κ2) is 4.66. The summed E-state index contributed by atoms with van der Waals surface area (Å²) in [6.07, 6.45) is 3.04. The molecule has 1 aliphatic heterocycles. The fraction of sp³-hybridized carbons (Fsp3) is 0.400. The van der Waals surface area contributed by atoms with Gasteiger partial charge in [-0.1, -0.05) is 18.2 Å². The Balaban J connectivity index is 1.66. The first-order valence-corrected chi connectivity index (χ1v) is 7.30. The normalized spacial score (nSPS) is 21.2. The topological polar surface area (TPSA) is 87.9 Å². The Morgan fingerprint density at radius 3 is 2.95 bits per heavy atom. The van der Waals surface area contributed by atoms with Gasteiger partial charge in [-0.2, -0.15) is 0 Å². The second-order valence-corrected chi connectivity index (χ2v) is 5.83. The Bertz CT molecular complexity index is 691. The smallest absolute Gasteiger partial charge is 0.297 e. The molecule has 1 amide bonds. The van der Waals surface area contributed by atoms with Crippen molar-refractivity contribution in [2.45, 2.75) is 31.2 Å². The van der Waals surface area contributed by atoms with Gasteiger partial charge in [-0.15, -0.1) is 5.10 Å². The summed E-state index contributed by atoms with van der Waals surface area (Å²) in [5.41, 5.74) is 8.09. The van der Waals surface area contributed by atoms with Gasteiger partial charge in [-0.3, -0.25) is 9.89 Å². The standard InChI is InChI=1S/C15H17N5O/c16-11-7-10-3-1-2-4-12(10)20(8-11)15(21)14-17-13(18-19-14)9-5-6-9/h1-4,9,11H,5-8,16H2,(H,17,18,19). The minimum atomic E-state index is -0.180. The van der Waals surface area contributed by atoms with E-state index in [1.54, 1.807) is 4.90 Å². The van der Waals surface area contributed by atoms with Crippen molar-refractivity contribution in [1.82, 2.24) is 15.2 Å². The zero-order valence-corrected chi connectivity index (χ0v) is 11.6. The van der Waals surface area contributed by atoms with Crippen molar-refractivity contribution < 1.29 is 4.79 Å². The molecule has 2 aliphatic rings. The Morgan fingerprint density at radius 2 is 2.14 bits per heavy atom. The third-order valence-corrected chi connectivity index (χ3v) is 4.08. The number of aromatic nitrogens is 3. The van der Waals surface area contributed by atoms with Crippen molar-refractivity contribution in [2.75, 3.05) is 11.4 Å². The van der Waals surface area contributed by atoms with Gasteiger partial charge in [0.05, 0.1) is 0 Å². The monoisotopic (exact) mass is 283 g/mol. The number of fused-ring (bicyclic) bond motifs is 1. The minimum Gasteiger partial charge on any atom is -0.326 e. The number of carbonyl (C=O) groups excluding carboxylic acids is 1. The number of benzene rings is 1. The molecular formula is C15H17N5O. The molecule has 0 spiro atoms. The number of hydrogen-bond donors (Lipinski definition) is 2. The summed E-state index contributed by atoms with van der Waals surface area (Å²) in [6.45, 7) is 0.503. The third-order valence-electron chi connectivity index (χ3n) is 4.08. The first kappa shape index (κ1) is 12.5. The van der Waals surface area contributed by atoms with Crippen molar-refractivity contribution >= 4 is 11.6 Å². The van der Waals surface area contributed by atoms with Crippen molar-refractivity contribution in [3.05, 3.63) is 41.5 Å². The molecule has 1 fully saturated rings. The van der Waals surface area contributed by atoms with E-state index in [1.807, 2.05) is 24.3 Å². The van der Waals surface area contributed by atoms with Crippen LogP contribution in [0, 0.1) is 0 Å². The van der Waals surface area contributed by atoms with Gasteiger partial charge in [0.2, 0.25) is 5.82 Å².